The SMILES string of the molecule is CSCCC(NC(=O)CNC(=O)C(CCC(N)=O)NC(=O)C(N)C(C)O)C(=O)O. The largest absolute Gasteiger partial charge is 0.480 e. The number of aliphatic carboxylic acids is 1. The summed E-state index contributed by atoms with van der Waals surface area (Å²) in [6.45, 7) is 0.760. The van der Waals surface area contributed by atoms with E-state index >= 15 is 0 Å². The lowest BCUT2D eigenvalue weighted by Gasteiger charge is -2.21. The number of rotatable bonds is 14. The molecule has 0 spiro atoms. The van der Waals surface area contributed by atoms with Crippen LogP contribution in [0.4, 0.5) is 0 Å². The number of carbonyl (C=O) groups is 5. The third-order valence-electron chi connectivity index (χ3n) is 3.80. The smallest absolute Gasteiger partial charge is 0.326 e. The Hall–Kier alpha value is -2.38. The van der Waals surface area contributed by atoms with Crippen molar-refractivity contribution < 1.29 is 34.2 Å². The molecular weight excluding hydrogens is 406 g/mol. The van der Waals surface area contributed by atoms with Gasteiger partial charge in [-0.25, -0.2) is 4.79 Å². The number of thioether (sulfide) groups is 1. The maximum absolute atomic E-state index is 12.3. The number of carboxylic acid groups (broad SMARTS) is 1. The van der Waals surface area contributed by atoms with Crippen molar-refractivity contribution in [3.8, 4) is 0 Å². The Balaban J connectivity index is 4.85. The van der Waals surface area contributed by atoms with E-state index in [4.69, 9.17) is 16.6 Å². The van der Waals surface area contributed by atoms with E-state index in [0.717, 1.165) is 0 Å². The normalized spacial score (nSPS) is 14.8. The average Bonchev–Trinajstić information content (AvgIpc) is 2.64. The van der Waals surface area contributed by atoms with Gasteiger partial charge in [0.05, 0.1) is 12.6 Å². The summed E-state index contributed by atoms with van der Waals surface area (Å²) in [5.41, 5.74) is 10.6. The van der Waals surface area contributed by atoms with Gasteiger partial charge >= 0.3 is 5.97 Å². The molecule has 4 unspecified atom stereocenters. The molecule has 9 N–H and O–H groups in total. The molecule has 4 atom stereocenters. The Labute approximate surface area is 172 Å². The van der Waals surface area contributed by atoms with Gasteiger partial charge in [-0.05, 0) is 31.8 Å². The molecule has 166 valence electrons. The Morgan fingerprint density at radius 2 is 1.66 bits per heavy atom. The van der Waals surface area contributed by atoms with Gasteiger partial charge in [0.15, 0.2) is 0 Å². The quantitative estimate of drug-likeness (QED) is 0.147. The van der Waals surface area contributed by atoms with Gasteiger partial charge in [0.25, 0.3) is 0 Å². The first-order chi connectivity index (χ1) is 13.5. The number of carboxylic acids is 1. The van der Waals surface area contributed by atoms with Crippen LogP contribution in [0, 0.1) is 0 Å². The van der Waals surface area contributed by atoms with Gasteiger partial charge in [-0.3, -0.25) is 19.2 Å². The predicted molar refractivity (Wildman–Crippen MR) is 106 cm³/mol. The van der Waals surface area contributed by atoms with Crippen molar-refractivity contribution >= 4 is 41.4 Å². The van der Waals surface area contributed by atoms with Crippen LogP contribution in [0.1, 0.15) is 26.2 Å². The number of nitrogens with two attached hydrogens (primary N) is 2. The van der Waals surface area contributed by atoms with E-state index in [-0.39, 0.29) is 19.3 Å². The first-order valence-corrected chi connectivity index (χ1v) is 10.2. The van der Waals surface area contributed by atoms with Crippen LogP contribution in [0.25, 0.3) is 0 Å². The summed E-state index contributed by atoms with van der Waals surface area (Å²) in [7, 11) is 0. The maximum atomic E-state index is 12.3. The Bertz CT molecular complexity index is 602. The number of aliphatic hydroxyl groups excluding tert-OH is 1. The topological polar surface area (TPSA) is 214 Å². The van der Waals surface area contributed by atoms with Crippen LogP contribution in [-0.4, -0.2) is 82.6 Å². The highest BCUT2D eigenvalue weighted by Crippen LogP contribution is 2.02. The molecule has 0 aliphatic rings. The van der Waals surface area contributed by atoms with E-state index in [1.165, 1.54) is 18.7 Å². The number of hydrogen-bond donors (Lipinski definition) is 7. The molecule has 0 aromatic carbocycles. The highest BCUT2D eigenvalue weighted by Gasteiger charge is 2.27. The molecule has 0 aliphatic carbocycles. The molecule has 0 bridgehead atoms. The first-order valence-electron chi connectivity index (χ1n) is 8.80. The number of primary amides is 1. The van der Waals surface area contributed by atoms with Gasteiger partial charge in [-0.1, -0.05) is 0 Å². The molecule has 0 rings (SSSR count). The van der Waals surface area contributed by atoms with Crippen LogP contribution in [0.2, 0.25) is 0 Å². The van der Waals surface area contributed by atoms with Crippen LogP contribution in [0.15, 0.2) is 0 Å². The van der Waals surface area contributed by atoms with E-state index < -0.39 is 60.4 Å². The number of nitrogens with one attached hydrogen (secondary N) is 3. The molecule has 13 heteroatoms. The highest BCUT2D eigenvalue weighted by molar-refractivity contribution is 7.98. The lowest BCUT2D eigenvalue weighted by atomic mass is 10.1. The highest BCUT2D eigenvalue weighted by atomic mass is 32.2. The molecule has 12 nitrogen and oxygen atoms in total. The summed E-state index contributed by atoms with van der Waals surface area (Å²) in [6.07, 6.45) is 0.474. The zero-order valence-electron chi connectivity index (χ0n) is 16.3. The molecule has 4 amide bonds. The van der Waals surface area contributed by atoms with Crippen molar-refractivity contribution in [2.24, 2.45) is 11.5 Å². The van der Waals surface area contributed by atoms with Crippen LogP contribution in [0.3, 0.4) is 0 Å². The van der Waals surface area contributed by atoms with Crippen LogP contribution < -0.4 is 27.4 Å². The van der Waals surface area contributed by atoms with E-state index in [0.29, 0.717) is 5.75 Å². The first kappa shape index (κ1) is 26.6. The molecule has 0 fully saturated rings. The molecule has 0 aromatic heterocycles. The minimum atomic E-state index is -1.30. The maximum Gasteiger partial charge on any atom is 0.326 e. The van der Waals surface area contributed by atoms with Gasteiger partial charge in [-0.15, -0.1) is 0 Å². The lowest BCUT2D eigenvalue weighted by molar-refractivity contribution is -0.141. The molecule has 0 radical (unpaired) electrons. The molecule has 0 aromatic rings. The van der Waals surface area contributed by atoms with E-state index in [9.17, 15) is 29.1 Å². The molecule has 0 aliphatic heterocycles. The third-order valence-corrected chi connectivity index (χ3v) is 4.45. The van der Waals surface area contributed by atoms with Gasteiger partial charge in [0.1, 0.15) is 18.1 Å². The Morgan fingerprint density at radius 3 is 2.14 bits per heavy atom. The monoisotopic (exact) mass is 435 g/mol. The summed E-state index contributed by atoms with van der Waals surface area (Å²) >= 11 is 1.42. The third kappa shape index (κ3) is 11.3. The summed E-state index contributed by atoms with van der Waals surface area (Å²) in [4.78, 5) is 58.3. The zero-order valence-corrected chi connectivity index (χ0v) is 17.2. The van der Waals surface area contributed by atoms with Crippen molar-refractivity contribution in [3.05, 3.63) is 0 Å². The lowest BCUT2D eigenvalue weighted by Crippen LogP contribution is -2.55. The predicted octanol–water partition coefficient (Wildman–Crippen LogP) is -3.12. The van der Waals surface area contributed by atoms with Crippen LogP contribution in [-0.2, 0) is 24.0 Å². The average molecular weight is 436 g/mol. The summed E-state index contributed by atoms with van der Waals surface area (Å²) in [6, 6.07) is -3.62. The Morgan fingerprint density at radius 1 is 1.03 bits per heavy atom. The van der Waals surface area contributed by atoms with Gasteiger partial charge in [0.2, 0.25) is 23.6 Å². The minimum Gasteiger partial charge on any atom is -0.480 e. The standard InChI is InChI=1S/C16H29N5O7S/c1-8(22)13(18)15(26)21-9(3-4-11(17)23)14(25)19-7-12(24)20-10(16(27)28)5-6-29-2/h8-10,13,22H,3-7,18H2,1-2H3,(H2,17,23)(H,19,25)(H,20,24)(H,21,26)(H,27,28). The summed E-state index contributed by atoms with van der Waals surface area (Å²) in [5, 5.41) is 25.3. The molecular formula is C16H29N5O7S. The van der Waals surface area contributed by atoms with E-state index in [1.54, 1.807) is 6.26 Å². The second-order valence-corrected chi connectivity index (χ2v) is 7.28. The molecule has 0 saturated carbocycles. The van der Waals surface area contributed by atoms with Crippen molar-refractivity contribution in [2.45, 2.75) is 50.4 Å². The summed E-state index contributed by atoms with van der Waals surface area (Å²) in [5.74, 6) is -3.72. The molecule has 29 heavy (non-hydrogen) atoms. The minimum absolute atomic E-state index is 0.146. The number of hydrogen-bond acceptors (Lipinski definition) is 8. The van der Waals surface area contributed by atoms with Crippen molar-refractivity contribution in [2.75, 3.05) is 18.6 Å². The molecule has 0 heterocycles. The van der Waals surface area contributed by atoms with Crippen LogP contribution in [0.5, 0.6) is 0 Å². The van der Waals surface area contributed by atoms with Crippen LogP contribution >= 0.6 is 11.8 Å². The Kier molecular flexibility index (Phi) is 12.6. The fourth-order valence-corrected chi connectivity index (χ4v) is 2.54. The van der Waals surface area contributed by atoms with E-state index in [2.05, 4.69) is 16.0 Å². The van der Waals surface area contributed by atoms with E-state index in [1.807, 2.05) is 0 Å². The zero-order chi connectivity index (χ0) is 22.6. The van der Waals surface area contributed by atoms with Crippen molar-refractivity contribution in [3.63, 3.8) is 0 Å². The van der Waals surface area contributed by atoms with Crippen molar-refractivity contribution in [1.82, 2.24) is 16.0 Å². The van der Waals surface area contributed by atoms with Crippen molar-refractivity contribution in [1.29, 1.82) is 0 Å². The second kappa shape index (κ2) is 13.7. The van der Waals surface area contributed by atoms with Gasteiger partial charge in [-0.2, -0.15) is 11.8 Å². The number of aliphatic hydroxyl groups is 1. The fraction of sp³-hybridized carbons (Fsp3) is 0.688. The number of carbonyl (C=O) groups excluding carboxylic acids is 4. The second-order valence-electron chi connectivity index (χ2n) is 6.29. The fourth-order valence-electron chi connectivity index (χ4n) is 2.07. The van der Waals surface area contributed by atoms with Gasteiger partial charge < -0.3 is 37.6 Å². The summed E-state index contributed by atoms with van der Waals surface area (Å²) < 4.78 is 0. The number of amides is 4. The van der Waals surface area contributed by atoms with Gasteiger partial charge in [0, 0.05) is 6.42 Å². The molecule has 0 saturated heterocycles.